The number of carbonyl (C=O) groups excluding carboxylic acids is 1. The molecule has 1 saturated heterocycles. The summed E-state index contributed by atoms with van der Waals surface area (Å²) in [4.78, 5) is 14.2. The summed E-state index contributed by atoms with van der Waals surface area (Å²) in [5, 5.41) is 2.41. The average Bonchev–Trinajstić information content (AvgIpc) is 2.92. The molecule has 0 aliphatic carbocycles. The minimum Gasteiger partial charge on any atom is -0.398 e. The average molecular weight is 336 g/mol. The van der Waals surface area contributed by atoms with Crippen LogP contribution in [0, 0.1) is 0 Å². The van der Waals surface area contributed by atoms with Crippen LogP contribution < -0.4 is 11.1 Å². The molecule has 0 spiro atoms. The number of hydrogen-bond donors (Lipinski definition) is 2. The first-order valence-corrected chi connectivity index (χ1v) is 7.33. The number of alkyl halides is 3. The fourth-order valence-electron chi connectivity index (χ4n) is 2.47. The van der Waals surface area contributed by atoms with Crippen molar-refractivity contribution in [2.24, 2.45) is 0 Å². The van der Waals surface area contributed by atoms with Crippen LogP contribution in [0.25, 0.3) is 0 Å². The van der Waals surface area contributed by atoms with Crippen LogP contribution >= 0.6 is 11.6 Å². The van der Waals surface area contributed by atoms with Gasteiger partial charge in [-0.1, -0.05) is 11.6 Å². The van der Waals surface area contributed by atoms with Gasteiger partial charge in [0.1, 0.15) is 0 Å². The molecule has 0 bridgehead atoms. The summed E-state index contributed by atoms with van der Waals surface area (Å²) in [6, 6.07) is 1.87. The summed E-state index contributed by atoms with van der Waals surface area (Å²) in [6.07, 6.45) is -2.40. The molecule has 1 aliphatic rings. The Morgan fingerprint density at radius 3 is 2.55 bits per heavy atom. The van der Waals surface area contributed by atoms with Crippen molar-refractivity contribution in [2.75, 3.05) is 31.9 Å². The van der Waals surface area contributed by atoms with Crippen LogP contribution in [0.5, 0.6) is 0 Å². The number of carbonyl (C=O) groups is 1. The Morgan fingerprint density at radius 2 is 1.95 bits per heavy atom. The maximum atomic E-state index is 12.9. The molecular weight excluding hydrogens is 319 g/mol. The number of likely N-dealkylation sites (tertiary alicyclic amines) is 1. The molecule has 1 amide bonds. The van der Waals surface area contributed by atoms with E-state index in [9.17, 15) is 18.0 Å². The maximum Gasteiger partial charge on any atom is 0.418 e. The number of hydrogen-bond acceptors (Lipinski definition) is 3. The number of nitrogen functional groups attached to an aromatic ring is 1. The zero-order chi connectivity index (χ0) is 16.3. The fraction of sp³-hybridized carbons (Fsp3) is 0.500. The molecule has 4 nitrogen and oxygen atoms in total. The molecule has 0 atom stereocenters. The summed E-state index contributed by atoms with van der Waals surface area (Å²) in [5.74, 6) is -0.648. The van der Waals surface area contributed by atoms with Crippen molar-refractivity contribution in [1.82, 2.24) is 10.2 Å². The van der Waals surface area contributed by atoms with Crippen molar-refractivity contribution in [3.8, 4) is 0 Å². The highest BCUT2D eigenvalue weighted by Crippen LogP contribution is 2.37. The molecule has 122 valence electrons. The SMILES string of the molecule is Nc1c(C(=O)NCCN2CCCC2)cc(Cl)cc1C(F)(F)F. The zero-order valence-electron chi connectivity index (χ0n) is 11.8. The Hall–Kier alpha value is -1.47. The monoisotopic (exact) mass is 335 g/mol. The molecule has 0 aromatic heterocycles. The van der Waals surface area contributed by atoms with E-state index in [1.54, 1.807) is 0 Å². The number of halogens is 4. The molecule has 22 heavy (non-hydrogen) atoms. The van der Waals surface area contributed by atoms with E-state index in [0.29, 0.717) is 13.1 Å². The number of nitrogens with zero attached hydrogens (tertiary/aromatic N) is 1. The Bertz CT molecular complexity index is 557. The van der Waals surface area contributed by atoms with Gasteiger partial charge in [-0.15, -0.1) is 0 Å². The highest BCUT2D eigenvalue weighted by molar-refractivity contribution is 6.31. The molecule has 3 N–H and O–H groups in total. The van der Waals surface area contributed by atoms with Gasteiger partial charge in [-0.05, 0) is 38.1 Å². The lowest BCUT2D eigenvalue weighted by Crippen LogP contribution is -2.34. The number of amides is 1. The maximum absolute atomic E-state index is 12.9. The van der Waals surface area contributed by atoms with E-state index in [1.807, 2.05) is 0 Å². The second-order valence-electron chi connectivity index (χ2n) is 5.22. The van der Waals surface area contributed by atoms with Crippen LogP contribution in [0.2, 0.25) is 5.02 Å². The topological polar surface area (TPSA) is 58.4 Å². The van der Waals surface area contributed by atoms with Gasteiger partial charge in [0.15, 0.2) is 0 Å². The zero-order valence-corrected chi connectivity index (χ0v) is 12.6. The number of nitrogens with one attached hydrogen (secondary N) is 1. The highest BCUT2D eigenvalue weighted by atomic mass is 35.5. The predicted octanol–water partition coefficient (Wildman–Crippen LogP) is 2.77. The van der Waals surface area contributed by atoms with E-state index in [0.717, 1.165) is 38.1 Å². The lowest BCUT2D eigenvalue weighted by molar-refractivity contribution is -0.136. The number of anilines is 1. The van der Waals surface area contributed by atoms with Gasteiger partial charge in [0.05, 0.1) is 16.8 Å². The molecule has 1 aromatic rings. The second-order valence-corrected chi connectivity index (χ2v) is 5.65. The number of benzene rings is 1. The number of nitrogens with two attached hydrogens (primary N) is 1. The Labute approximate surface area is 131 Å². The second kappa shape index (κ2) is 6.75. The van der Waals surface area contributed by atoms with Gasteiger partial charge in [-0.25, -0.2) is 0 Å². The van der Waals surface area contributed by atoms with Crippen molar-refractivity contribution in [3.05, 3.63) is 28.3 Å². The lowest BCUT2D eigenvalue weighted by atomic mass is 10.1. The first-order chi connectivity index (χ1) is 10.3. The van der Waals surface area contributed by atoms with Crippen molar-refractivity contribution in [2.45, 2.75) is 19.0 Å². The van der Waals surface area contributed by atoms with Gasteiger partial charge < -0.3 is 16.0 Å². The highest BCUT2D eigenvalue weighted by Gasteiger charge is 2.35. The molecule has 0 saturated carbocycles. The summed E-state index contributed by atoms with van der Waals surface area (Å²) in [5.41, 5.74) is 3.54. The van der Waals surface area contributed by atoms with Gasteiger partial charge in [0.2, 0.25) is 0 Å². The van der Waals surface area contributed by atoms with E-state index in [2.05, 4.69) is 10.2 Å². The van der Waals surface area contributed by atoms with E-state index in [4.69, 9.17) is 17.3 Å². The summed E-state index contributed by atoms with van der Waals surface area (Å²) in [7, 11) is 0. The Balaban J connectivity index is 2.07. The first kappa shape index (κ1) is 16.9. The molecule has 1 fully saturated rings. The molecular formula is C14H17ClF3N3O. The minimum absolute atomic E-state index is 0.175. The molecule has 8 heteroatoms. The minimum atomic E-state index is -4.65. The summed E-state index contributed by atoms with van der Waals surface area (Å²) < 4.78 is 38.6. The van der Waals surface area contributed by atoms with Gasteiger partial charge >= 0.3 is 6.18 Å². The van der Waals surface area contributed by atoms with Crippen LogP contribution in [-0.2, 0) is 6.18 Å². The van der Waals surface area contributed by atoms with Crippen LogP contribution in [0.1, 0.15) is 28.8 Å². The molecule has 1 heterocycles. The Morgan fingerprint density at radius 1 is 1.32 bits per heavy atom. The van der Waals surface area contributed by atoms with Crippen molar-refractivity contribution in [3.63, 3.8) is 0 Å². The standard InChI is InChI=1S/C14H17ClF3N3O/c15-9-7-10(12(19)11(8-9)14(16,17)18)13(22)20-3-6-21-4-1-2-5-21/h7-8H,1-6,19H2,(H,20,22). The van der Waals surface area contributed by atoms with E-state index in [-0.39, 0.29) is 10.6 Å². The molecule has 2 rings (SSSR count). The van der Waals surface area contributed by atoms with Crippen LogP contribution in [-0.4, -0.2) is 37.0 Å². The van der Waals surface area contributed by atoms with Crippen LogP contribution in [0.15, 0.2) is 12.1 Å². The quantitative estimate of drug-likeness (QED) is 0.832. The third-order valence-electron chi connectivity index (χ3n) is 3.61. The first-order valence-electron chi connectivity index (χ1n) is 6.96. The van der Waals surface area contributed by atoms with E-state index >= 15 is 0 Å². The van der Waals surface area contributed by atoms with E-state index in [1.165, 1.54) is 0 Å². The molecule has 0 radical (unpaired) electrons. The predicted molar refractivity (Wildman–Crippen MR) is 78.9 cm³/mol. The van der Waals surface area contributed by atoms with Crippen LogP contribution in [0.4, 0.5) is 18.9 Å². The molecule has 1 aromatic carbocycles. The van der Waals surface area contributed by atoms with Crippen molar-refractivity contribution < 1.29 is 18.0 Å². The molecule has 1 aliphatic heterocycles. The normalized spacial score (nSPS) is 16.0. The van der Waals surface area contributed by atoms with E-state index < -0.39 is 23.3 Å². The van der Waals surface area contributed by atoms with Crippen molar-refractivity contribution >= 4 is 23.2 Å². The van der Waals surface area contributed by atoms with Gasteiger partial charge in [-0.3, -0.25) is 4.79 Å². The van der Waals surface area contributed by atoms with Crippen molar-refractivity contribution in [1.29, 1.82) is 0 Å². The smallest absolute Gasteiger partial charge is 0.398 e. The summed E-state index contributed by atoms with van der Waals surface area (Å²) >= 11 is 5.67. The molecule has 0 unspecified atom stereocenters. The third-order valence-corrected chi connectivity index (χ3v) is 3.83. The largest absolute Gasteiger partial charge is 0.418 e. The van der Waals surface area contributed by atoms with Gasteiger partial charge in [-0.2, -0.15) is 13.2 Å². The fourth-order valence-corrected chi connectivity index (χ4v) is 2.69. The van der Waals surface area contributed by atoms with Gasteiger partial charge in [0.25, 0.3) is 5.91 Å². The number of rotatable bonds is 4. The Kier molecular flexibility index (Phi) is 5.18. The van der Waals surface area contributed by atoms with Gasteiger partial charge in [0, 0.05) is 18.1 Å². The third kappa shape index (κ3) is 4.04. The van der Waals surface area contributed by atoms with Crippen LogP contribution in [0.3, 0.4) is 0 Å². The lowest BCUT2D eigenvalue weighted by Gasteiger charge is -2.16. The summed E-state index contributed by atoms with van der Waals surface area (Å²) in [6.45, 7) is 2.98.